The molecule has 3 aromatic rings. The first kappa shape index (κ1) is 21.3. The normalized spacial score (nSPS) is 11.6. The lowest BCUT2D eigenvalue weighted by molar-refractivity contribution is -0.123. The molecule has 1 aromatic carbocycles. The highest BCUT2D eigenvalue weighted by molar-refractivity contribution is 5.83. The van der Waals surface area contributed by atoms with Gasteiger partial charge in [0.2, 0.25) is 5.91 Å². The number of hydrogen-bond donors (Lipinski definition) is 3. The topological polar surface area (TPSA) is 96.4 Å². The zero-order chi connectivity index (χ0) is 21.2. The second-order valence-corrected chi connectivity index (χ2v) is 6.82. The van der Waals surface area contributed by atoms with E-state index in [2.05, 4.69) is 20.6 Å². The molecular formula is C23H26N4O3. The molecule has 0 saturated heterocycles. The molecule has 0 radical (unpaired) electrons. The Kier molecular flexibility index (Phi) is 7.74. The molecule has 30 heavy (non-hydrogen) atoms. The minimum atomic E-state index is -0.571. The SMILES string of the molecule is COc1cc(C(NCCc2ccncc2)C(=O)NCCc2ccncc2)ccc1O. The van der Waals surface area contributed by atoms with E-state index in [1.807, 2.05) is 24.3 Å². The van der Waals surface area contributed by atoms with Crippen LogP contribution in [0.1, 0.15) is 22.7 Å². The number of benzene rings is 1. The van der Waals surface area contributed by atoms with Crippen molar-refractivity contribution in [3.8, 4) is 11.5 Å². The Hall–Kier alpha value is -3.45. The minimum absolute atomic E-state index is 0.0369. The third kappa shape index (κ3) is 6.02. The molecule has 0 aliphatic heterocycles. The maximum Gasteiger partial charge on any atom is 0.241 e. The number of phenolic OH excluding ortho intramolecular Hbond substituents is 1. The summed E-state index contributed by atoms with van der Waals surface area (Å²) in [5.74, 6) is 0.236. The largest absolute Gasteiger partial charge is 0.504 e. The summed E-state index contributed by atoms with van der Waals surface area (Å²) < 4.78 is 5.21. The van der Waals surface area contributed by atoms with E-state index in [0.717, 1.165) is 29.5 Å². The number of methoxy groups -OCH3 is 1. The summed E-state index contributed by atoms with van der Waals surface area (Å²) in [5, 5.41) is 16.2. The number of phenols is 1. The van der Waals surface area contributed by atoms with Gasteiger partial charge in [-0.1, -0.05) is 6.07 Å². The van der Waals surface area contributed by atoms with Crippen LogP contribution in [0.3, 0.4) is 0 Å². The molecule has 7 heteroatoms. The summed E-state index contributed by atoms with van der Waals surface area (Å²) in [6, 6.07) is 12.1. The highest BCUT2D eigenvalue weighted by Crippen LogP contribution is 2.29. The van der Waals surface area contributed by atoms with Gasteiger partial charge in [0.05, 0.1) is 7.11 Å². The Morgan fingerprint density at radius 3 is 2.17 bits per heavy atom. The monoisotopic (exact) mass is 406 g/mol. The third-order valence-electron chi connectivity index (χ3n) is 4.77. The van der Waals surface area contributed by atoms with Gasteiger partial charge in [-0.15, -0.1) is 0 Å². The van der Waals surface area contributed by atoms with Crippen LogP contribution < -0.4 is 15.4 Å². The molecule has 7 nitrogen and oxygen atoms in total. The van der Waals surface area contributed by atoms with Crippen LogP contribution in [0.5, 0.6) is 11.5 Å². The van der Waals surface area contributed by atoms with E-state index in [1.54, 1.807) is 36.9 Å². The van der Waals surface area contributed by atoms with Crippen molar-refractivity contribution in [2.24, 2.45) is 0 Å². The molecule has 0 aliphatic carbocycles. The van der Waals surface area contributed by atoms with Gasteiger partial charge in [-0.25, -0.2) is 0 Å². The fourth-order valence-electron chi connectivity index (χ4n) is 3.13. The fraction of sp³-hybridized carbons (Fsp3) is 0.261. The second kappa shape index (κ2) is 10.9. The molecule has 0 aliphatic rings. The number of pyridine rings is 2. The Morgan fingerprint density at radius 2 is 1.57 bits per heavy atom. The summed E-state index contributed by atoms with van der Waals surface area (Å²) in [6.07, 6.45) is 8.47. The summed E-state index contributed by atoms with van der Waals surface area (Å²) in [4.78, 5) is 21.0. The predicted molar refractivity (Wildman–Crippen MR) is 114 cm³/mol. The molecule has 0 saturated carbocycles. The molecule has 0 fully saturated rings. The van der Waals surface area contributed by atoms with Crippen LogP contribution in [-0.2, 0) is 17.6 Å². The van der Waals surface area contributed by atoms with Crippen LogP contribution in [0, 0.1) is 0 Å². The summed E-state index contributed by atoms with van der Waals surface area (Å²) >= 11 is 0. The smallest absolute Gasteiger partial charge is 0.241 e. The standard InChI is InChI=1S/C23H26N4O3/c1-30-21-16-19(2-3-20(21)28)22(26-14-8-17-4-10-24-11-5-17)23(29)27-15-9-18-6-12-25-13-7-18/h2-7,10-13,16,22,26,28H,8-9,14-15H2,1H3,(H,27,29). The molecule has 1 unspecified atom stereocenters. The van der Waals surface area contributed by atoms with Crippen LogP contribution in [-0.4, -0.2) is 41.2 Å². The summed E-state index contributed by atoms with van der Waals surface area (Å²) in [5.41, 5.74) is 2.97. The Bertz CT molecular complexity index is 936. The third-order valence-corrected chi connectivity index (χ3v) is 4.77. The molecule has 1 atom stereocenters. The first-order valence-electron chi connectivity index (χ1n) is 9.83. The molecule has 2 aromatic heterocycles. The van der Waals surface area contributed by atoms with E-state index in [-0.39, 0.29) is 11.7 Å². The van der Waals surface area contributed by atoms with Crippen molar-refractivity contribution in [3.05, 3.63) is 83.9 Å². The lowest BCUT2D eigenvalue weighted by Gasteiger charge is -2.20. The number of ether oxygens (including phenoxy) is 1. The zero-order valence-corrected chi connectivity index (χ0v) is 16.9. The van der Waals surface area contributed by atoms with Crippen molar-refractivity contribution < 1.29 is 14.6 Å². The second-order valence-electron chi connectivity index (χ2n) is 6.82. The number of rotatable bonds is 10. The van der Waals surface area contributed by atoms with Gasteiger partial charge >= 0.3 is 0 Å². The van der Waals surface area contributed by atoms with Crippen molar-refractivity contribution in [1.29, 1.82) is 0 Å². The van der Waals surface area contributed by atoms with E-state index in [4.69, 9.17) is 4.74 Å². The van der Waals surface area contributed by atoms with Crippen molar-refractivity contribution >= 4 is 5.91 Å². The molecule has 1 amide bonds. The molecule has 2 heterocycles. The van der Waals surface area contributed by atoms with Gasteiger partial charge in [-0.3, -0.25) is 14.8 Å². The molecule has 3 rings (SSSR count). The number of amides is 1. The Balaban J connectivity index is 1.66. The van der Waals surface area contributed by atoms with E-state index >= 15 is 0 Å². The predicted octanol–water partition coefficient (Wildman–Crippen LogP) is 2.42. The van der Waals surface area contributed by atoms with Crippen molar-refractivity contribution in [3.63, 3.8) is 0 Å². The quantitative estimate of drug-likeness (QED) is 0.479. The fourth-order valence-corrected chi connectivity index (χ4v) is 3.13. The first-order chi connectivity index (χ1) is 14.7. The van der Waals surface area contributed by atoms with Gasteiger partial charge in [0.15, 0.2) is 11.5 Å². The average molecular weight is 406 g/mol. The Morgan fingerprint density at radius 1 is 0.967 bits per heavy atom. The van der Waals surface area contributed by atoms with Gasteiger partial charge in [-0.2, -0.15) is 0 Å². The van der Waals surface area contributed by atoms with Crippen LogP contribution in [0.25, 0.3) is 0 Å². The van der Waals surface area contributed by atoms with E-state index in [0.29, 0.717) is 18.8 Å². The van der Waals surface area contributed by atoms with Gasteiger partial charge < -0.3 is 20.5 Å². The summed E-state index contributed by atoms with van der Waals surface area (Å²) in [7, 11) is 1.49. The first-order valence-corrected chi connectivity index (χ1v) is 9.83. The van der Waals surface area contributed by atoms with Gasteiger partial charge in [0, 0.05) is 37.9 Å². The molecule has 0 spiro atoms. The number of hydrogen-bond acceptors (Lipinski definition) is 6. The van der Waals surface area contributed by atoms with E-state index in [1.165, 1.54) is 13.2 Å². The number of aromatic nitrogens is 2. The number of carbonyl (C=O) groups is 1. The van der Waals surface area contributed by atoms with Crippen LogP contribution >= 0.6 is 0 Å². The van der Waals surface area contributed by atoms with E-state index < -0.39 is 6.04 Å². The lowest BCUT2D eigenvalue weighted by Crippen LogP contribution is -2.39. The van der Waals surface area contributed by atoms with Crippen LogP contribution in [0.2, 0.25) is 0 Å². The van der Waals surface area contributed by atoms with Gasteiger partial charge in [0.1, 0.15) is 6.04 Å². The maximum absolute atomic E-state index is 13.0. The lowest BCUT2D eigenvalue weighted by atomic mass is 10.0. The molecular weight excluding hydrogens is 380 g/mol. The number of nitrogens with one attached hydrogen (secondary N) is 2. The highest BCUT2D eigenvalue weighted by Gasteiger charge is 2.21. The zero-order valence-electron chi connectivity index (χ0n) is 16.9. The summed E-state index contributed by atoms with van der Waals surface area (Å²) in [6.45, 7) is 1.12. The molecule has 0 bridgehead atoms. The average Bonchev–Trinajstić information content (AvgIpc) is 2.78. The van der Waals surface area contributed by atoms with Crippen LogP contribution in [0.15, 0.2) is 67.3 Å². The minimum Gasteiger partial charge on any atom is -0.504 e. The molecule has 156 valence electrons. The van der Waals surface area contributed by atoms with Crippen molar-refractivity contribution in [2.75, 3.05) is 20.2 Å². The number of carbonyl (C=O) groups excluding carboxylic acids is 1. The maximum atomic E-state index is 13.0. The van der Waals surface area contributed by atoms with Gasteiger partial charge in [0.25, 0.3) is 0 Å². The van der Waals surface area contributed by atoms with Crippen molar-refractivity contribution in [1.82, 2.24) is 20.6 Å². The van der Waals surface area contributed by atoms with E-state index in [9.17, 15) is 9.90 Å². The highest BCUT2D eigenvalue weighted by atomic mass is 16.5. The van der Waals surface area contributed by atoms with Crippen LogP contribution in [0.4, 0.5) is 0 Å². The molecule has 3 N–H and O–H groups in total. The number of aromatic hydroxyl groups is 1. The van der Waals surface area contributed by atoms with Gasteiger partial charge in [-0.05, 0) is 65.9 Å². The Labute approximate surface area is 176 Å². The van der Waals surface area contributed by atoms with Crippen molar-refractivity contribution in [2.45, 2.75) is 18.9 Å². The number of nitrogens with zero attached hydrogens (tertiary/aromatic N) is 2.